The van der Waals surface area contributed by atoms with Crippen LogP contribution in [0, 0.1) is 13.8 Å². The number of anilines is 1. The third-order valence-electron chi connectivity index (χ3n) is 2.71. The quantitative estimate of drug-likeness (QED) is 0.916. The van der Waals surface area contributed by atoms with Gasteiger partial charge >= 0.3 is 0 Å². The number of aromatic nitrogens is 1. The van der Waals surface area contributed by atoms with Crippen LogP contribution in [-0.2, 0) is 6.42 Å². The van der Waals surface area contributed by atoms with Crippen LogP contribution < -0.4 is 5.32 Å². The van der Waals surface area contributed by atoms with Crippen molar-refractivity contribution in [2.45, 2.75) is 20.3 Å². The van der Waals surface area contributed by atoms with E-state index in [2.05, 4.69) is 58.3 Å². The fourth-order valence-electron chi connectivity index (χ4n) is 1.66. The molecule has 0 fully saturated rings. The number of benzene rings is 1. The molecule has 0 spiro atoms. The summed E-state index contributed by atoms with van der Waals surface area (Å²) in [5.41, 5.74) is 5.54. The van der Waals surface area contributed by atoms with Gasteiger partial charge in [-0.05, 0) is 31.5 Å². The Bertz CT molecular complexity index is 508. The molecule has 0 atom stereocenters. The second kappa shape index (κ2) is 5.65. The Morgan fingerprint density at radius 2 is 2.18 bits per heavy atom. The standard InChI is InChI=1S/C13H15BrN2S/c1-9-3-4-11(14)7-12(9)15-6-5-13-10(2)16-8-17-13/h3-4,7-8,15H,5-6H2,1-2H3. The van der Waals surface area contributed by atoms with Crippen LogP contribution in [0.1, 0.15) is 16.1 Å². The van der Waals surface area contributed by atoms with Gasteiger partial charge in [-0.25, -0.2) is 4.98 Å². The van der Waals surface area contributed by atoms with Gasteiger partial charge in [0.25, 0.3) is 0 Å². The lowest BCUT2D eigenvalue weighted by Crippen LogP contribution is -2.05. The Kier molecular flexibility index (Phi) is 4.18. The summed E-state index contributed by atoms with van der Waals surface area (Å²) in [6, 6.07) is 6.30. The van der Waals surface area contributed by atoms with Gasteiger partial charge < -0.3 is 5.32 Å². The average Bonchev–Trinajstić information content (AvgIpc) is 2.70. The first kappa shape index (κ1) is 12.6. The Hall–Kier alpha value is -0.870. The van der Waals surface area contributed by atoms with Crippen molar-refractivity contribution in [3.63, 3.8) is 0 Å². The van der Waals surface area contributed by atoms with Gasteiger partial charge in [0, 0.05) is 28.0 Å². The third kappa shape index (κ3) is 3.30. The summed E-state index contributed by atoms with van der Waals surface area (Å²) >= 11 is 5.22. The van der Waals surface area contributed by atoms with E-state index in [0.717, 1.165) is 23.1 Å². The van der Waals surface area contributed by atoms with Crippen molar-refractivity contribution < 1.29 is 0 Å². The van der Waals surface area contributed by atoms with Gasteiger partial charge in [-0.15, -0.1) is 11.3 Å². The van der Waals surface area contributed by atoms with Gasteiger partial charge in [-0.2, -0.15) is 0 Å². The molecule has 1 N–H and O–H groups in total. The SMILES string of the molecule is Cc1ccc(Br)cc1NCCc1scnc1C. The first-order valence-corrected chi connectivity index (χ1v) is 7.23. The summed E-state index contributed by atoms with van der Waals surface area (Å²) in [5, 5.41) is 3.47. The summed E-state index contributed by atoms with van der Waals surface area (Å²) in [4.78, 5) is 5.62. The Morgan fingerprint density at radius 3 is 2.88 bits per heavy atom. The van der Waals surface area contributed by atoms with Crippen LogP contribution in [0.2, 0.25) is 0 Å². The zero-order valence-corrected chi connectivity index (χ0v) is 12.4. The lowest BCUT2D eigenvalue weighted by Gasteiger charge is -2.09. The highest BCUT2D eigenvalue weighted by Gasteiger charge is 2.02. The largest absolute Gasteiger partial charge is 0.384 e. The second-order valence-electron chi connectivity index (χ2n) is 4.00. The molecule has 17 heavy (non-hydrogen) atoms. The number of aryl methyl sites for hydroxylation is 2. The van der Waals surface area contributed by atoms with Crippen molar-refractivity contribution in [3.05, 3.63) is 44.3 Å². The summed E-state index contributed by atoms with van der Waals surface area (Å²) in [7, 11) is 0. The number of thiazole rings is 1. The average molecular weight is 311 g/mol. The maximum absolute atomic E-state index is 4.26. The van der Waals surface area contributed by atoms with Crippen LogP contribution in [0.25, 0.3) is 0 Å². The van der Waals surface area contributed by atoms with Crippen molar-refractivity contribution in [1.29, 1.82) is 0 Å². The molecule has 2 rings (SSSR count). The molecule has 1 aromatic heterocycles. The molecule has 2 nitrogen and oxygen atoms in total. The molecule has 0 bridgehead atoms. The number of hydrogen-bond acceptors (Lipinski definition) is 3. The summed E-state index contributed by atoms with van der Waals surface area (Å²) in [6.07, 6.45) is 1.03. The Labute approximate surface area is 114 Å². The van der Waals surface area contributed by atoms with Gasteiger partial charge in [-0.1, -0.05) is 22.0 Å². The summed E-state index contributed by atoms with van der Waals surface area (Å²) < 4.78 is 1.11. The highest BCUT2D eigenvalue weighted by Crippen LogP contribution is 2.21. The van der Waals surface area contributed by atoms with E-state index in [1.807, 2.05) is 5.51 Å². The zero-order valence-electron chi connectivity index (χ0n) is 9.96. The van der Waals surface area contributed by atoms with Crippen LogP contribution in [0.4, 0.5) is 5.69 Å². The summed E-state index contributed by atoms with van der Waals surface area (Å²) in [6.45, 7) is 5.13. The number of nitrogens with zero attached hydrogens (tertiary/aromatic N) is 1. The van der Waals surface area contributed by atoms with Crippen molar-refractivity contribution in [3.8, 4) is 0 Å². The molecule has 0 aliphatic rings. The van der Waals surface area contributed by atoms with Gasteiger partial charge in [-0.3, -0.25) is 0 Å². The Balaban J connectivity index is 1.94. The van der Waals surface area contributed by atoms with E-state index in [4.69, 9.17) is 0 Å². The first-order chi connectivity index (χ1) is 8.16. The number of rotatable bonds is 4. The number of hydrogen-bond donors (Lipinski definition) is 1. The maximum Gasteiger partial charge on any atom is 0.0797 e. The topological polar surface area (TPSA) is 24.9 Å². The van der Waals surface area contributed by atoms with Crippen LogP contribution >= 0.6 is 27.3 Å². The highest BCUT2D eigenvalue weighted by atomic mass is 79.9. The van der Waals surface area contributed by atoms with Crippen LogP contribution in [0.3, 0.4) is 0 Å². The lowest BCUT2D eigenvalue weighted by atomic mass is 10.2. The fourth-order valence-corrected chi connectivity index (χ4v) is 2.80. The minimum absolute atomic E-state index is 0.945. The minimum Gasteiger partial charge on any atom is -0.384 e. The van der Waals surface area contributed by atoms with E-state index >= 15 is 0 Å². The predicted molar refractivity (Wildman–Crippen MR) is 77.9 cm³/mol. The van der Waals surface area contributed by atoms with E-state index in [9.17, 15) is 0 Å². The normalized spacial score (nSPS) is 10.5. The lowest BCUT2D eigenvalue weighted by molar-refractivity contribution is 1.01. The van der Waals surface area contributed by atoms with Crippen molar-refractivity contribution in [2.75, 3.05) is 11.9 Å². The minimum atomic E-state index is 0.945. The molecule has 0 aliphatic heterocycles. The second-order valence-corrected chi connectivity index (χ2v) is 5.85. The molecule has 0 aliphatic carbocycles. The van der Waals surface area contributed by atoms with Crippen molar-refractivity contribution in [2.24, 2.45) is 0 Å². The van der Waals surface area contributed by atoms with Gasteiger partial charge in [0.2, 0.25) is 0 Å². The molecule has 0 radical (unpaired) electrons. The molecule has 1 aromatic carbocycles. The van der Waals surface area contributed by atoms with Crippen LogP contribution in [0.5, 0.6) is 0 Å². The molecule has 1 heterocycles. The van der Waals surface area contributed by atoms with E-state index < -0.39 is 0 Å². The van der Waals surface area contributed by atoms with E-state index in [0.29, 0.717) is 0 Å². The molecule has 0 saturated carbocycles. The van der Waals surface area contributed by atoms with Gasteiger partial charge in [0.05, 0.1) is 11.2 Å². The molecular formula is C13H15BrN2S. The molecule has 0 unspecified atom stereocenters. The Morgan fingerprint density at radius 1 is 1.35 bits per heavy atom. The molecule has 2 aromatic rings. The van der Waals surface area contributed by atoms with Crippen LogP contribution in [-0.4, -0.2) is 11.5 Å². The van der Waals surface area contributed by atoms with Crippen LogP contribution in [0.15, 0.2) is 28.2 Å². The van der Waals surface area contributed by atoms with Gasteiger partial charge in [0.15, 0.2) is 0 Å². The number of nitrogens with one attached hydrogen (secondary N) is 1. The van der Waals surface area contributed by atoms with E-state index in [1.165, 1.54) is 16.1 Å². The smallest absolute Gasteiger partial charge is 0.0797 e. The van der Waals surface area contributed by atoms with E-state index in [1.54, 1.807) is 11.3 Å². The molecule has 90 valence electrons. The van der Waals surface area contributed by atoms with Gasteiger partial charge in [0.1, 0.15) is 0 Å². The first-order valence-electron chi connectivity index (χ1n) is 5.56. The van der Waals surface area contributed by atoms with Crippen molar-refractivity contribution in [1.82, 2.24) is 4.98 Å². The molecule has 0 saturated heterocycles. The van der Waals surface area contributed by atoms with E-state index in [-0.39, 0.29) is 0 Å². The molecule has 0 amide bonds. The highest BCUT2D eigenvalue weighted by molar-refractivity contribution is 9.10. The van der Waals surface area contributed by atoms with Crippen molar-refractivity contribution >= 4 is 33.0 Å². The maximum atomic E-state index is 4.26. The summed E-state index contributed by atoms with van der Waals surface area (Å²) in [5.74, 6) is 0. The zero-order chi connectivity index (χ0) is 12.3. The molecular weight excluding hydrogens is 296 g/mol. The fraction of sp³-hybridized carbons (Fsp3) is 0.308. The third-order valence-corrected chi connectivity index (χ3v) is 4.20. The monoisotopic (exact) mass is 310 g/mol. The predicted octanol–water partition coefficient (Wildman–Crippen LogP) is 4.18. The number of halogens is 1. The molecule has 4 heteroatoms.